The lowest BCUT2D eigenvalue weighted by Crippen LogP contribution is -2.22. The topological polar surface area (TPSA) is 63.1 Å². The Hall–Kier alpha value is -1.65. The summed E-state index contributed by atoms with van der Waals surface area (Å²) >= 11 is 0. The highest BCUT2D eigenvalue weighted by Gasteiger charge is 2.16. The molecule has 0 amide bonds. The Morgan fingerprint density at radius 3 is 2.88 bits per heavy atom. The molecule has 16 heavy (non-hydrogen) atoms. The predicted octanol–water partition coefficient (Wildman–Crippen LogP) is 0.995. The molecule has 0 bridgehead atoms. The third-order valence-electron chi connectivity index (χ3n) is 3.13. The molecule has 1 aliphatic rings. The number of hydrogen-bond acceptors (Lipinski definition) is 3. The van der Waals surface area contributed by atoms with Gasteiger partial charge in [-0.2, -0.15) is 9.50 Å². The van der Waals surface area contributed by atoms with Crippen molar-refractivity contribution in [2.24, 2.45) is 0 Å². The van der Waals surface area contributed by atoms with Gasteiger partial charge in [0.15, 0.2) is 0 Å². The lowest BCUT2D eigenvalue weighted by molar-refractivity contribution is 0.708. The first-order valence-corrected chi connectivity index (χ1v) is 5.73. The van der Waals surface area contributed by atoms with Crippen LogP contribution < -0.4 is 5.56 Å². The first kappa shape index (κ1) is 9.57. The smallest absolute Gasteiger partial charge is 0.275 e. The molecule has 5 nitrogen and oxygen atoms in total. The van der Waals surface area contributed by atoms with E-state index in [1.165, 1.54) is 10.9 Å². The number of hydrogen-bond donors (Lipinski definition) is 1. The van der Waals surface area contributed by atoms with E-state index in [0.717, 1.165) is 42.8 Å². The van der Waals surface area contributed by atoms with Crippen molar-refractivity contribution in [1.82, 2.24) is 19.6 Å². The Morgan fingerprint density at radius 1 is 1.19 bits per heavy atom. The minimum absolute atomic E-state index is 0.0301. The Bertz CT molecular complexity index is 596. The van der Waals surface area contributed by atoms with Crippen molar-refractivity contribution in [3.8, 4) is 0 Å². The summed E-state index contributed by atoms with van der Waals surface area (Å²) in [5.74, 6) is 1.23. The quantitative estimate of drug-likeness (QED) is 0.671. The van der Waals surface area contributed by atoms with Crippen LogP contribution in [0.1, 0.15) is 36.3 Å². The van der Waals surface area contributed by atoms with Crippen molar-refractivity contribution in [2.45, 2.75) is 39.0 Å². The predicted molar refractivity (Wildman–Crippen MR) is 59.6 cm³/mol. The largest absolute Gasteiger partial charge is 0.277 e. The average Bonchev–Trinajstić information content (AvgIpc) is 2.48. The van der Waals surface area contributed by atoms with Gasteiger partial charge < -0.3 is 0 Å². The fourth-order valence-electron chi connectivity index (χ4n) is 2.33. The zero-order valence-electron chi connectivity index (χ0n) is 9.29. The summed E-state index contributed by atoms with van der Waals surface area (Å²) in [5, 5.41) is 2.93. The first-order valence-electron chi connectivity index (χ1n) is 5.73. The van der Waals surface area contributed by atoms with Gasteiger partial charge in [-0.1, -0.05) is 6.42 Å². The van der Waals surface area contributed by atoms with Crippen molar-refractivity contribution in [1.29, 1.82) is 0 Å². The summed E-state index contributed by atoms with van der Waals surface area (Å²) < 4.78 is 1.46. The maximum Gasteiger partial charge on any atom is 0.277 e. The molecule has 2 aromatic heterocycles. The lowest BCUT2D eigenvalue weighted by atomic mass is 10.1. The van der Waals surface area contributed by atoms with Crippen LogP contribution >= 0.6 is 0 Å². The zero-order chi connectivity index (χ0) is 11.1. The van der Waals surface area contributed by atoms with Crippen LogP contribution in [0.25, 0.3) is 5.78 Å². The number of rotatable bonds is 0. The Balaban J connectivity index is 2.33. The van der Waals surface area contributed by atoms with Gasteiger partial charge in [-0.15, -0.1) is 0 Å². The van der Waals surface area contributed by atoms with Gasteiger partial charge in [0.05, 0.1) is 5.69 Å². The third-order valence-corrected chi connectivity index (χ3v) is 3.13. The van der Waals surface area contributed by atoms with Gasteiger partial charge in [-0.05, 0) is 32.6 Å². The summed E-state index contributed by atoms with van der Waals surface area (Å²) in [6.07, 6.45) is 5.15. The van der Waals surface area contributed by atoms with Crippen LogP contribution in [0, 0.1) is 6.92 Å². The van der Waals surface area contributed by atoms with E-state index < -0.39 is 0 Å². The summed E-state index contributed by atoms with van der Waals surface area (Å²) in [7, 11) is 0. The summed E-state index contributed by atoms with van der Waals surface area (Å²) in [4.78, 5) is 20.9. The maximum atomic E-state index is 12.2. The highest BCUT2D eigenvalue weighted by molar-refractivity contribution is 5.33. The van der Waals surface area contributed by atoms with Gasteiger partial charge >= 0.3 is 0 Å². The van der Waals surface area contributed by atoms with Crippen LogP contribution in [0.5, 0.6) is 0 Å². The SMILES string of the molecule is Cc1nc2nc3c(c(=O)n2[nH]1)CCCCC3. The highest BCUT2D eigenvalue weighted by Crippen LogP contribution is 2.16. The van der Waals surface area contributed by atoms with Gasteiger partial charge in [0.25, 0.3) is 11.3 Å². The second-order valence-electron chi connectivity index (χ2n) is 4.35. The molecule has 0 spiro atoms. The Morgan fingerprint density at radius 2 is 2.00 bits per heavy atom. The van der Waals surface area contributed by atoms with E-state index in [2.05, 4.69) is 15.1 Å². The second kappa shape index (κ2) is 3.43. The van der Waals surface area contributed by atoms with E-state index in [4.69, 9.17) is 0 Å². The Kier molecular flexibility index (Phi) is 2.05. The van der Waals surface area contributed by atoms with Crippen molar-refractivity contribution < 1.29 is 0 Å². The van der Waals surface area contributed by atoms with Crippen LogP contribution in [0.4, 0.5) is 0 Å². The van der Waals surface area contributed by atoms with Crippen LogP contribution in [0.2, 0.25) is 0 Å². The standard InChI is InChI=1S/C11H14N4O/c1-7-12-11-13-9-6-4-2-3-5-8(9)10(16)15(11)14-7/h2-6H2,1H3,(H,12,13,14). The molecule has 0 atom stereocenters. The molecule has 0 aromatic carbocycles. The molecule has 0 aliphatic heterocycles. The molecule has 0 radical (unpaired) electrons. The van der Waals surface area contributed by atoms with Crippen LogP contribution in [-0.4, -0.2) is 19.6 Å². The van der Waals surface area contributed by atoms with Gasteiger partial charge in [0.2, 0.25) is 0 Å². The van der Waals surface area contributed by atoms with Crippen molar-refractivity contribution in [2.75, 3.05) is 0 Å². The fraction of sp³-hybridized carbons (Fsp3) is 0.545. The molecule has 0 fully saturated rings. The molecule has 1 aliphatic carbocycles. The van der Waals surface area contributed by atoms with Gasteiger partial charge in [0.1, 0.15) is 5.82 Å². The zero-order valence-corrected chi connectivity index (χ0v) is 9.29. The number of fused-ring (bicyclic) bond motifs is 2. The van der Waals surface area contributed by atoms with E-state index in [0.29, 0.717) is 5.78 Å². The average molecular weight is 218 g/mol. The molecule has 0 unspecified atom stereocenters. The molecule has 1 N–H and O–H groups in total. The number of H-pyrrole nitrogens is 1. The van der Waals surface area contributed by atoms with Gasteiger partial charge in [-0.25, -0.2) is 4.98 Å². The van der Waals surface area contributed by atoms with Crippen molar-refractivity contribution in [3.05, 3.63) is 27.4 Å². The number of aromatic nitrogens is 4. The van der Waals surface area contributed by atoms with Gasteiger partial charge in [0, 0.05) is 5.56 Å². The molecule has 3 rings (SSSR count). The van der Waals surface area contributed by atoms with E-state index in [9.17, 15) is 4.79 Å². The number of nitrogens with one attached hydrogen (secondary N) is 1. The van der Waals surface area contributed by atoms with E-state index >= 15 is 0 Å². The van der Waals surface area contributed by atoms with Crippen molar-refractivity contribution >= 4 is 5.78 Å². The Labute approximate surface area is 92.5 Å². The summed E-state index contributed by atoms with van der Waals surface area (Å²) in [6.45, 7) is 1.83. The molecule has 84 valence electrons. The fourth-order valence-corrected chi connectivity index (χ4v) is 2.33. The molecule has 0 saturated carbocycles. The molecule has 2 heterocycles. The van der Waals surface area contributed by atoms with E-state index in [1.807, 2.05) is 6.92 Å². The minimum Gasteiger partial charge on any atom is -0.275 e. The van der Waals surface area contributed by atoms with E-state index in [-0.39, 0.29) is 5.56 Å². The van der Waals surface area contributed by atoms with Crippen molar-refractivity contribution in [3.63, 3.8) is 0 Å². The molecular weight excluding hydrogens is 204 g/mol. The normalized spacial score (nSPS) is 16.1. The summed E-state index contributed by atoms with van der Waals surface area (Å²) in [5.41, 5.74) is 1.86. The molecule has 5 heteroatoms. The van der Waals surface area contributed by atoms with E-state index in [1.54, 1.807) is 0 Å². The summed E-state index contributed by atoms with van der Waals surface area (Å²) in [6, 6.07) is 0. The van der Waals surface area contributed by atoms with Crippen LogP contribution in [0.3, 0.4) is 0 Å². The molecule has 2 aromatic rings. The molecular formula is C11H14N4O. The monoisotopic (exact) mass is 218 g/mol. The third kappa shape index (κ3) is 1.35. The van der Waals surface area contributed by atoms with Crippen LogP contribution in [0.15, 0.2) is 4.79 Å². The number of nitrogens with zero attached hydrogens (tertiary/aromatic N) is 3. The number of aromatic amines is 1. The first-order chi connectivity index (χ1) is 7.75. The van der Waals surface area contributed by atoms with Crippen LogP contribution in [-0.2, 0) is 12.8 Å². The maximum absolute atomic E-state index is 12.2. The minimum atomic E-state index is 0.0301. The lowest BCUT2D eigenvalue weighted by Gasteiger charge is -2.02. The molecule has 0 saturated heterocycles. The second-order valence-corrected chi connectivity index (χ2v) is 4.35. The number of aryl methyl sites for hydroxylation is 2. The van der Waals surface area contributed by atoms with Gasteiger partial charge in [-0.3, -0.25) is 9.89 Å². The highest BCUT2D eigenvalue weighted by atomic mass is 16.1.